The molecule has 3 aliphatic rings. The fraction of sp³-hybridized carbons (Fsp3) is 0.471. The summed E-state index contributed by atoms with van der Waals surface area (Å²) in [6, 6.07) is 0.188. The van der Waals surface area contributed by atoms with Gasteiger partial charge in [0.25, 0.3) is 0 Å². The van der Waals surface area contributed by atoms with E-state index >= 15 is 0 Å². The average molecular weight is 509 g/mol. The fourth-order valence-electron chi connectivity index (χ4n) is 6.87. The van der Waals surface area contributed by atoms with Crippen LogP contribution in [0.4, 0.5) is 0 Å². The molecule has 8 bridgehead atoms. The van der Waals surface area contributed by atoms with E-state index in [0.717, 1.165) is 62.1 Å². The molecule has 0 spiro atoms. The molecule has 0 saturated carbocycles. The van der Waals surface area contributed by atoms with Crippen LogP contribution < -0.4 is 10.7 Å². The van der Waals surface area contributed by atoms with Crippen LogP contribution in [0.3, 0.4) is 0 Å². The van der Waals surface area contributed by atoms with Gasteiger partial charge < -0.3 is 9.97 Å². The van der Waals surface area contributed by atoms with Crippen molar-refractivity contribution >= 4 is 23.6 Å². The lowest BCUT2D eigenvalue weighted by atomic mass is 9.93. The molecule has 1 atom stereocenters. The van der Waals surface area contributed by atoms with Gasteiger partial charge >= 0.3 is 0 Å². The highest BCUT2D eigenvalue weighted by molar-refractivity contribution is 6.23. The summed E-state index contributed by atoms with van der Waals surface area (Å²) in [4.78, 5) is 18.2. The number of nitrogens with zero attached hydrogens (tertiary/aromatic N) is 2. The summed E-state index contributed by atoms with van der Waals surface area (Å²) < 4.78 is 0. The third-order valence-corrected chi connectivity index (χ3v) is 8.98. The van der Waals surface area contributed by atoms with E-state index in [0.29, 0.717) is 0 Å². The Kier molecular flexibility index (Phi) is 7.35. The minimum atomic E-state index is 0.188. The molecule has 0 amide bonds. The van der Waals surface area contributed by atoms with Crippen LogP contribution in [0, 0.1) is 0 Å². The Hall–Kier alpha value is -3.14. The van der Waals surface area contributed by atoms with Crippen LogP contribution in [-0.4, -0.2) is 27.4 Å². The topological polar surface area (TPSA) is 56.3 Å². The molecule has 0 aromatic carbocycles. The second-order valence-electron chi connectivity index (χ2n) is 10.8. The first-order chi connectivity index (χ1) is 18.4. The molecule has 4 heteroatoms. The van der Waals surface area contributed by atoms with Crippen molar-refractivity contribution < 1.29 is 0 Å². The highest BCUT2D eigenvalue weighted by Crippen LogP contribution is 2.34. The van der Waals surface area contributed by atoms with Gasteiger partial charge in [0.2, 0.25) is 0 Å². The number of hydrogen-bond acceptors (Lipinski definition) is 2. The standard InChI is InChI=1S/C34H44N4/c1-9-21-23(11-3)31-17-33-25(13-5)26(14-6)34(38-33)18-32-24(12-4)22(10-2)30(37-32)16-28-20(8)19(7)27(35-28)15-29(21)36-31/h15-17,32,36,38H,9-14,18H2,1-8H3. The van der Waals surface area contributed by atoms with Gasteiger partial charge in [-0.1, -0.05) is 41.5 Å². The lowest BCUT2D eigenvalue weighted by Crippen LogP contribution is -2.14. The zero-order valence-electron chi connectivity index (χ0n) is 24.7. The molecule has 200 valence electrons. The third-order valence-electron chi connectivity index (χ3n) is 8.98. The van der Waals surface area contributed by atoms with Gasteiger partial charge in [-0.15, -0.1) is 0 Å². The molecule has 3 aliphatic heterocycles. The van der Waals surface area contributed by atoms with Crippen LogP contribution in [0.5, 0.6) is 0 Å². The Balaban J connectivity index is 1.86. The normalized spacial score (nSPS) is 18.9. The maximum absolute atomic E-state index is 5.36. The van der Waals surface area contributed by atoms with Crippen LogP contribution in [-0.2, 0) is 32.1 Å². The molecule has 0 saturated heterocycles. The van der Waals surface area contributed by atoms with Crippen molar-refractivity contribution in [1.82, 2.24) is 9.97 Å². The number of aliphatic imine (C=N–C) groups is 2. The van der Waals surface area contributed by atoms with E-state index < -0.39 is 0 Å². The van der Waals surface area contributed by atoms with Crippen LogP contribution in [0.25, 0.3) is 12.2 Å². The first-order valence-electron chi connectivity index (χ1n) is 14.8. The van der Waals surface area contributed by atoms with E-state index in [1.165, 1.54) is 66.6 Å². The van der Waals surface area contributed by atoms with Crippen LogP contribution >= 0.6 is 0 Å². The lowest BCUT2D eigenvalue weighted by Gasteiger charge is -2.13. The van der Waals surface area contributed by atoms with Crippen LogP contribution in [0.1, 0.15) is 102 Å². The Bertz CT molecular complexity index is 1560. The van der Waals surface area contributed by atoms with Crippen molar-refractivity contribution in [2.45, 2.75) is 106 Å². The van der Waals surface area contributed by atoms with Gasteiger partial charge in [0.1, 0.15) is 0 Å². The van der Waals surface area contributed by atoms with Gasteiger partial charge in [0.15, 0.2) is 0 Å². The summed E-state index contributed by atoms with van der Waals surface area (Å²) in [5, 5.41) is 2.42. The number of aromatic amines is 2. The number of fused-ring (bicyclic) bond motifs is 6. The zero-order chi connectivity index (χ0) is 27.1. The second-order valence-corrected chi connectivity index (χ2v) is 10.8. The van der Waals surface area contributed by atoms with E-state index in [9.17, 15) is 0 Å². The molecule has 5 rings (SSSR count). The molecule has 5 heterocycles. The average Bonchev–Trinajstić information content (AvgIpc) is 3.61. The largest absolute Gasteiger partial charge is 0.358 e. The summed E-state index contributed by atoms with van der Waals surface area (Å²) >= 11 is 0. The van der Waals surface area contributed by atoms with Crippen molar-refractivity contribution in [3.63, 3.8) is 0 Å². The summed E-state index contributed by atoms with van der Waals surface area (Å²) in [7, 11) is 0. The van der Waals surface area contributed by atoms with E-state index in [1.54, 1.807) is 0 Å². The molecule has 38 heavy (non-hydrogen) atoms. The minimum Gasteiger partial charge on any atom is -0.358 e. The van der Waals surface area contributed by atoms with E-state index in [4.69, 9.17) is 9.98 Å². The molecule has 4 nitrogen and oxygen atoms in total. The van der Waals surface area contributed by atoms with Crippen molar-refractivity contribution in [1.29, 1.82) is 0 Å². The number of allylic oxidation sites excluding steroid dienone is 4. The van der Waals surface area contributed by atoms with Gasteiger partial charge in [0, 0.05) is 28.5 Å². The van der Waals surface area contributed by atoms with Crippen molar-refractivity contribution in [2.75, 3.05) is 0 Å². The Labute approximate surface area is 228 Å². The molecule has 0 radical (unpaired) electrons. The minimum absolute atomic E-state index is 0.188. The van der Waals surface area contributed by atoms with E-state index in [2.05, 4.69) is 83.6 Å². The first-order valence-corrected chi connectivity index (χ1v) is 14.8. The van der Waals surface area contributed by atoms with Gasteiger partial charge in [-0.3, -0.25) is 4.99 Å². The molecule has 0 aliphatic carbocycles. The predicted octanol–water partition coefficient (Wildman–Crippen LogP) is 6.37. The van der Waals surface area contributed by atoms with Crippen molar-refractivity contribution in [3.8, 4) is 0 Å². The predicted molar refractivity (Wildman–Crippen MR) is 163 cm³/mol. The van der Waals surface area contributed by atoms with Crippen molar-refractivity contribution in [3.05, 3.63) is 78.4 Å². The zero-order valence-corrected chi connectivity index (χ0v) is 24.7. The number of H-pyrrole nitrogens is 2. The third kappa shape index (κ3) is 4.22. The van der Waals surface area contributed by atoms with Gasteiger partial charge in [-0.2, -0.15) is 0 Å². The SMILES string of the molecule is CCC1=C(CC)C2Cc3[nH]c(c(CC)c3CC)C=c3[nH]c(c(CC)c3CC)=CC3=NC(=CC1=N2)C(C)=C3C. The summed E-state index contributed by atoms with van der Waals surface area (Å²) in [6.45, 7) is 18.1. The number of nitrogens with one attached hydrogen (secondary N) is 2. The number of rotatable bonds is 6. The summed E-state index contributed by atoms with van der Waals surface area (Å²) in [5.74, 6) is 0. The maximum atomic E-state index is 5.36. The highest BCUT2D eigenvalue weighted by atomic mass is 14.9. The number of aromatic nitrogens is 2. The molecule has 2 N–H and O–H groups in total. The molecule has 0 fully saturated rings. The van der Waals surface area contributed by atoms with Gasteiger partial charge in [-0.25, -0.2) is 4.99 Å². The summed E-state index contributed by atoms with van der Waals surface area (Å²) in [6.07, 6.45) is 13.9. The monoisotopic (exact) mass is 508 g/mol. The van der Waals surface area contributed by atoms with E-state index in [-0.39, 0.29) is 6.04 Å². The van der Waals surface area contributed by atoms with Gasteiger partial charge in [-0.05, 0) is 115 Å². The molecular formula is C34H44N4. The summed E-state index contributed by atoms with van der Waals surface area (Å²) in [5.41, 5.74) is 17.0. The van der Waals surface area contributed by atoms with Gasteiger partial charge in [0.05, 0.1) is 23.2 Å². The van der Waals surface area contributed by atoms with Crippen LogP contribution in [0.2, 0.25) is 0 Å². The van der Waals surface area contributed by atoms with Crippen molar-refractivity contribution in [2.24, 2.45) is 9.98 Å². The van der Waals surface area contributed by atoms with Crippen LogP contribution in [0.15, 0.2) is 44.1 Å². The highest BCUT2D eigenvalue weighted by Gasteiger charge is 2.28. The second kappa shape index (κ2) is 10.6. The molecule has 2 aromatic rings. The quantitative estimate of drug-likeness (QED) is 0.455. The van der Waals surface area contributed by atoms with E-state index in [1.807, 2.05) is 0 Å². The first kappa shape index (κ1) is 26.5. The molecular weight excluding hydrogens is 464 g/mol. The maximum Gasteiger partial charge on any atom is 0.0777 e. The smallest absolute Gasteiger partial charge is 0.0777 e. The fourth-order valence-corrected chi connectivity index (χ4v) is 6.87. The number of hydrogen-bond donors (Lipinski definition) is 2. The Morgan fingerprint density at radius 2 is 1.34 bits per heavy atom. The molecule has 2 aromatic heterocycles. The lowest BCUT2D eigenvalue weighted by molar-refractivity contribution is 0.728. The Morgan fingerprint density at radius 3 is 1.95 bits per heavy atom. The Morgan fingerprint density at radius 1 is 0.684 bits per heavy atom. The molecule has 1 unspecified atom stereocenters.